The van der Waals surface area contributed by atoms with Crippen LogP contribution >= 0.6 is 11.6 Å². The number of anilines is 1. The first-order valence-electron chi connectivity index (χ1n) is 4.85. The largest absolute Gasteiger partial charge is 0.478 e. The number of rotatable bonds is 3. The third-order valence-electron chi connectivity index (χ3n) is 2.44. The standard InChI is InChI=1S/C11H13ClNO/c12-9-14-11-5-3-4-10(8-11)13-6-1-2-7-13/h4-5,8H,1-2,6-7,9H2. The van der Waals surface area contributed by atoms with Crippen LogP contribution in [0.5, 0.6) is 5.75 Å². The van der Waals surface area contributed by atoms with Crippen molar-refractivity contribution in [3.63, 3.8) is 0 Å². The fourth-order valence-corrected chi connectivity index (χ4v) is 1.87. The summed E-state index contributed by atoms with van der Waals surface area (Å²) in [7, 11) is 0. The van der Waals surface area contributed by atoms with Crippen LogP contribution in [0.25, 0.3) is 0 Å². The Hall–Kier alpha value is -0.890. The minimum atomic E-state index is 0.192. The zero-order valence-electron chi connectivity index (χ0n) is 8.00. The zero-order chi connectivity index (χ0) is 9.80. The maximum Gasteiger partial charge on any atom is 0.162 e. The second-order valence-corrected chi connectivity index (χ2v) is 3.59. The van der Waals surface area contributed by atoms with E-state index in [1.807, 2.05) is 18.2 Å². The molecule has 0 bridgehead atoms. The molecule has 0 spiro atoms. The van der Waals surface area contributed by atoms with E-state index in [4.69, 9.17) is 16.3 Å². The minimum Gasteiger partial charge on any atom is -0.478 e. The Morgan fingerprint density at radius 3 is 2.86 bits per heavy atom. The molecule has 2 nitrogen and oxygen atoms in total. The molecule has 1 aliphatic rings. The molecule has 0 N–H and O–H groups in total. The van der Waals surface area contributed by atoms with Gasteiger partial charge in [0.15, 0.2) is 6.07 Å². The molecule has 0 atom stereocenters. The fraction of sp³-hybridized carbons (Fsp3) is 0.455. The average molecular weight is 211 g/mol. The summed E-state index contributed by atoms with van der Waals surface area (Å²) in [5.74, 6) is 0.796. The highest BCUT2D eigenvalue weighted by Crippen LogP contribution is 2.24. The predicted molar refractivity (Wildman–Crippen MR) is 58.1 cm³/mol. The van der Waals surface area contributed by atoms with Gasteiger partial charge in [0.2, 0.25) is 0 Å². The number of hydrogen-bond acceptors (Lipinski definition) is 2. The number of halogens is 1. The Kier molecular flexibility index (Phi) is 3.14. The SMILES string of the molecule is ClCOc1c[c]cc(N2CCCC2)c1. The van der Waals surface area contributed by atoms with Crippen LogP contribution in [0.4, 0.5) is 5.69 Å². The van der Waals surface area contributed by atoms with E-state index in [-0.39, 0.29) is 6.07 Å². The number of nitrogens with zero attached hydrogens (tertiary/aromatic N) is 1. The second-order valence-electron chi connectivity index (χ2n) is 3.37. The Labute approximate surface area is 89.4 Å². The topological polar surface area (TPSA) is 12.5 Å². The van der Waals surface area contributed by atoms with E-state index in [1.165, 1.54) is 18.5 Å². The third kappa shape index (κ3) is 2.13. The van der Waals surface area contributed by atoms with Crippen LogP contribution in [0.1, 0.15) is 12.8 Å². The van der Waals surface area contributed by atoms with Gasteiger partial charge in [-0.15, -0.1) is 0 Å². The van der Waals surface area contributed by atoms with Crippen molar-refractivity contribution in [1.82, 2.24) is 0 Å². The highest BCUT2D eigenvalue weighted by Gasteiger charge is 2.12. The summed E-state index contributed by atoms with van der Waals surface area (Å²) in [5.41, 5.74) is 1.19. The van der Waals surface area contributed by atoms with Crippen molar-refractivity contribution in [3.8, 4) is 5.75 Å². The van der Waals surface area contributed by atoms with Crippen LogP contribution < -0.4 is 9.64 Å². The highest BCUT2D eigenvalue weighted by molar-refractivity contribution is 6.17. The zero-order valence-corrected chi connectivity index (χ0v) is 8.76. The maximum absolute atomic E-state index is 5.50. The molecule has 0 aromatic heterocycles. The van der Waals surface area contributed by atoms with Gasteiger partial charge in [0, 0.05) is 24.8 Å². The molecule has 0 amide bonds. The van der Waals surface area contributed by atoms with Gasteiger partial charge in [-0.05, 0) is 31.0 Å². The molecule has 0 unspecified atom stereocenters. The lowest BCUT2D eigenvalue weighted by atomic mass is 10.3. The molecular formula is C11H13ClNO. The van der Waals surface area contributed by atoms with Gasteiger partial charge < -0.3 is 9.64 Å². The van der Waals surface area contributed by atoms with Gasteiger partial charge >= 0.3 is 0 Å². The van der Waals surface area contributed by atoms with Crippen molar-refractivity contribution in [2.24, 2.45) is 0 Å². The van der Waals surface area contributed by atoms with E-state index < -0.39 is 0 Å². The number of ether oxygens (including phenoxy) is 1. The molecule has 0 aliphatic carbocycles. The van der Waals surface area contributed by atoms with E-state index in [2.05, 4.69) is 11.0 Å². The summed E-state index contributed by atoms with van der Waals surface area (Å²) < 4.78 is 5.21. The predicted octanol–water partition coefficient (Wildman–Crippen LogP) is 2.66. The number of benzene rings is 1. The molecule has 1 fully saturated rings. The van der Waals surface area contributed by atoms with Crippen LogP contribution in [0.3, 0.4) is 0 Å². The van der Waals surface area contributed by atoms with Gasteiger partial charge in [-0.2, -0.15) is 0 Å². The Morgan fingerprint density at radius 1 is 1.36 bits per heavy atom. The lowest BCUT2D eigenvalue weighted by molar-refractivity contribution is 0.388. The fourth-order valence-electron chi connectivity index (χ4n) is 1.74. The first-order valence-corrected chi connectivity index (χ1v) is 5.38. The van der Waals surface area contributed by atoms with Crippen molar-refractivity contribution < 1.29 is 4.74 Å². The molecule has 1 radical (unpaired) electrons. The van der Waals surface area contributed by atoms with Gasteiger partial charge in [-0.3, -0.25) is 0 Å². The minimum absolute atomic E-state index is 0.192. The Bertz CT molecular complexity index is 297. The molecule has 1 saturated heterocycles. The van der Waals surface area contributed by atoms with Gasteiger partial charge in [-0.25, -0.2) is 0 Å². The molecular weight excluding hydrogens is 198 g/mol. The maximum atomic E-state index is 5.50. The lowest BCUT2D eigenvalue weighted by Gasteiger charge is -2.17. The van der Waals surface area contributed by atoms with Gasteiger partial charge in [0.05, 0.1) is 0 Å². The summed E-state index contributed by atoms with van der Waals surface area (Å²) in [6.45, 7) is 2.27. The summed E-state index contributed by atoms with van der Waals surface area (Å²) in [6, 6.07) is 9.08. The monoisotopic (exact) mass is 210 g/mol. The second kappa shape index (κ2) is 4.56. The van der Waals surface area contributed by atoms with Crippen molar-refractivity contribution in [2.75, 3.05) is 24.1 Å². The van der Waals surface area contributed by atoms with Crippen LogP contribution in [-0.2, 0) is 0 Å². The molecule has 3 heteroatoms. The van der Waals surface area contributed by atoms with E-state index in [9.17, 15) is 0 Å². The Balaban J connectivity index is 2.12. The summed E-state index contributed by atoms with van der Waals surface area (Å²) >= 11 is 5.50. The lowest BCUT2D eigenvalue weighted by Crippen LogP contribution is -2.17. The summed E-state index contributed by atoms with van der Waals surface area (Å²) in [5, 5.41) is 0. The third-order valence-corrected chi connectivity index (χ3v) is 2.55. The van der Waals surface area contributed by atoms with E-state index >= 15 is 0 Å². The molecule has 0 saturated carbocycles. The normalized spacial score (nSPS) is 15.9. The molecule has 14 heavy (non-hydrogen) atoms. The molecule has 1 aliphatic heterocycles. The summed E-state index contributed by atoms with van der Waals surface area (Å²) in [6.07, 6.45) is 2.56. The molecule has 1 heterocycles. The molecule has 75 valence electrons. The van der Waals surface area contributed by atoms with Gasteiger partial charge in [-0.1, -0.05) is 11.6 Å². The average Bonchev–Trinajstić information content (AvgIpc) is 2.71. The number of alkyl halides is 1. The van der Waals surface area contributed by atoms with Crippen molar-refractivity contribution in [3.05, 3.63) is 24.3 Å². The smallest absolute Gasteiger partial charge is 0.162 e. The van der Waals surface area contributed by atoms with E-state index in [1.54, 1.807) is 0 Å². The van der Waals surface area contributed by atoms with Gasteiger partial charge in [0.1, 0.15) is 5.75 Å². The Morgan fingerprint density at radius 2 is 2.14 bits per heavy atom. The molecule has 1 aromatic carbocycles. The van der Waals surface area contributed by atoms with Crippen LogP contribution in [-0.4, -0.2) is 19.2 Å². The first-order chi connectivity index (χ1) is 6.90. The highest BCUT2D eigenvalue weighted by atomic mass is 35.5. The van der Waals surface area contributed by atoms with Crippen molar-refractivity contribution in [2.45, 2.75) is 12.8 Å². The van der Waals surface area contributed by atoms with Crippen molar-refractivity contribution in [1.29, 1.82) is 0 Å². The molecule has 2 rings (SSSR count). The number of hydrogen-bond donors (Lipinski definition) is 0. The van der Waals surface area contributed by atoms with Gasteiger partial charge in [0.25, 0.3) is 0 Å². The quantitative estimate of drug-likeness (QED) is 0.712. The first kappa shape index (κ1) is 9.66. The van der Waals surface area contributed by atoms with E-state index in [0.29, 0.717) is 0 Å². The van der Waals surface area contributed by atoms with Crippen LogP contribution in [0.15, 0.2) is 18.2 Å². The van der Waals surface area contributed by atoms with E-state index in [0.717, 1.165) is 18.8 Å². The van der Waals surface area contributed by atoms with Crippen molar-refractivity contribution >= 4 is 17.3 Å². The van der Waals surface area contributed by atoms with Crippen LogP contribution in [0, 0.1) is 6.07 Å². The summed E-state index contributed by atoms with van der Waals surface area (Å²) in [4.78, 5) is 2.34. The van der Waals surface area contributed by atoms with Crippen LogP contribution in [0.2, 0.25) is 0 Å². The molecule has 1 aromatic rings.